The van der Waals surface area contributed by atoms with Crippen molar-refractivity contribution < 1.29 is 0 Å². The average Bonchev–Trinajstić information content (AvgIpc) is 3.25. The van der Waals surface area contributed by atoms with E-state index in [1.165, 1.54) is 16.7 Å². The fraction of sp³-hybridized carbons (Fsp3) is 0.429. The van der Waals surface area contributed by atoms with Gasteiger partial charge in [0.2, 0.25) is 5.95 Å². The van der Waals surface area contributed by atoms with Crippen molar-refractivity contribution in [3.05, 3.63) is 65.7 Å². The van der Waals surface area contributed by atoms with Crippen molar-refractivity contribution in [3.8, 4) is 0 Å². The van der Waals surface area contributed by atoms with E-state index in [9.17, 15) is 0 Å². The number of pyridine rings is 1. The zero-order valence-electron chi connectivity index (χ0n) is 22.0. The van der Waals surface area contributed by atoms with Crippen molar-refractivity contribution in [3.63, 3.8) is 0 Å². The van der Waals surface area contributed by atoms with Crippen molar-refractivity contribution in [2.75, 3.05) is 42.9 Å². The van der Waals surface area contributed by atoms with Crippen LogP contribution in [0.1, 0.15) is 37.5 Å². The second-order valence-electron chi connectivity index (χ2n) is 10.7. The van der Waals surface area contributed by atoms with Crippen molar-refractivity contribution >= 4 is 28.6 Å². The zero-order chi connectivity index (χ0) is 25.3. The van der Waals surface area contributed by atoms with E-state index in [4.69, 9.17) is 9.97 Å². The van der Waals surface area contributed by atoms with E-state index >= 15 is 0 Å². The third-order valence-electron chi connectivity index (χ3n) is 7.04. The minimum Gasteiger partial charge on any atom is -0.338 e. The highest BCUT2D eigenvalue weighted by molar-refractivity contribution is 5.87. The maximum absolute atomic E-state index is 5.02. The summed E-state index contributed by atoms with van der Waals surface area (Å²) in [5.74, 6) is 1.53. The van der Waals surface area contributed by atoms with E-state index in [-0.39, 0.29) is 5.41 Å². The van der Waals surface area contributed by atoms with Gasteiger partial charge in [-0.1, -0.05) is 32.9 Å². The molecule has 1 fully saturated rings. The average molecular weight is 485 g/mol. The maximum atomic E-state index is 5.02. The summed E-state index contributed by atoms with van der Waals surface area (Å²) in [6, 6.07) is 10.8. The molecule has 1 N–H and O–H groups in total. The van der Waals surface area contributed by atoms with Crippen molar-refractivity contribution in [1.29, 1.82) is 0 Å². The Morgan fingerprint density at radius 3 is 2.44 bits per heavy atom. The number of imidazole rings is 1. The molecule has 4 aromatic rings. The topological polar surface area (TPSA) is 75.0 Å². The Morgan fingerprint density at radius 2 is 1.72 bits per heavy atom. The Morgan fingerprint density at radius 1 is 0.972 bits per heavy atom. The van der Waals surface area contributed by atoms with Crippen molar-refractivity contribution in [1.82, 2.24) is 29.4 Å². The lowest BCUT2D eigenvalue weighted by atomic mass is 9.86. The first-order valence-electron chi connectivity index (χ1n) is 12.7. The van der Waals surface area contributed by atoms with Gasteiger partial charge < -0.3 is 14.8 Å². The summed E-state index contributed by atoms with van der Waals surface area (Å²) < 4.78 is 1.99. The zero-order valence-corrected chi connectivity index (χ0v) is 22.0. The minimum atomic E-state index is 0.0693. The number of hydrogen-bond donors (Lipinski definition) is 1. The lowest BCUT2D eigenvalue weighted by Gasteiger charge is -2.34. The normalized spacial score (nSPS) is 15.0. The molecule has 1 aliphatic rings. The molecule has 0 unspecified atom stereocenters. The number of fused-ring (bicyclic) bond motifs is 1. The van der Waals surface area contributed by atoms with Gasteiger partial charge in [-0.15, -0.1) is 0 Å². The fourth-order valence-electron chi connectivity index (χ4n) is 4.63. The summed E-state index contributed by atoms with van der Waals surface area (Å²) >= 11 is 0. The highest BCUT2D eigenvalue weighted by atomic mass is 15.3. The van der Waals surface area contributed by atoms with Crippen LogP contribution >= 0.6 is 0 Å². The van der Waals surface area contributed by atoms with E-state index in [0.29, 0.717) is 0 Å². The van der Waals surface area contributed by atoms with Gasteiger partial charge in [0.1, 0.15) is 5.52 Å². The van der Waals surface area contributed by atoms with E-state index in [2.05, 4.69) is 83.1 Å². The lowest BCUT2D eigenvalue weighted by molar-refractivity contribution is 0.260. The van der Waals surface area contributed by atoms with E-state index < -0.39 is 0 Å². The molecule has 188 valence electrons. The van der Waals surface area contributed by atoms with E-state index in [1.54, 1.807) is 0 Å². The monoisotopic (exact) mass is 484 g/mol. The van der Waals surface area contributed by atoms with Gasteiger partial charge >= 0.3 is 0 Å². The Kier molecular flexibility index (Phi) is 6.62. The van der Waals surface area contributed by atoms with Crippen LogP contribution < -0.4 is 10.2 Å². The Labute approximate surface area is 213 Å². The highest BCUT2D eigenvalue weighted by Crippen LogP contribution is 2.31. The van der Waals surface area contributed by atoms with Crippen LogP contribution in [-0.4, -0.2) is 62.1 Å². The number of rotatable bonds is 6. The van der Waals surface area contributed by atoms with Gasteiger partial charge in [-0.25, -0.2) is 4.98 Å². The predicted molar refractivity (Wildman–Crippen MR) is 146 cm³/mol. The Hall–Kier alpha value is -3.52. The number of benzene rings is 1. The van der Waals surface area contributed by atoms with Crippen LogP contribution in [0.15, 0.2) is 49.1 Å². The fourth-order valence-corrected chi connectivity index (χ4v) is 4.63. The molecule has 1 saturated heterocycles. The van der Waals surface area contributed by atoms with Gasteiger partial charge in [-0.2, -0.15) is 9.97 Å². The van der Waals surface area contributed by atoms with Gasteiger partial charge in [0.15, 0.2) is 11.5 Å². The van der Waals surface area contributed by atoms with Crippen LogP contribution in [0, 0.1) is 6.92 Å². The summed E-state index contributed by atoms with van der Waals surface area (Å²) in [5, 5.41) is 3.63. The molecule has 8 heteroatoms. The molecule has 4 heterocycles. The second-order valence-corrected chi connectivity index (χ2v) is 10.7. The maximum Gasteiger partial charge on any atom is 0.229 e. The molecular formula is C28H36N8. The molecule has 36 heavy (non-hydrogen) atoms. The van der Waals surface area contributed by atoms with Crippen LogP contribution in [0.3, 0.4) is 0 Å². The molecule has 0 saturated carbocycles. The molecule has 0 spiro atoms. The van der Waals surface area contributed by atoms with Gasteiger partial charge in [0, 0.05) is 57.9 Å². The first-order valence-corrected chi connectivity index (χ1v) is 12.7. The summed E-state index contributed by atoms with van der Waals surface area (Å²) in [6.07, 6.45) is 6.58. The van der Waals surface area contributed by atoms with E-state index in [0.717, 1.165) is 67.8 Å². The van der Waals surface area contributed by atoms with Crippen molar-refractivity contribution in [2.45, 2.75) is 39.5 Å². The van der Waals surface area contributed by atoms with Crippen LogP contribution in [-0.2, 0) is 18.9 Å². The molecule has 1 aromatic carbocycles. The summed E-state index contributed by atoms with van der Waals surface area (Å²) in [5.41, 5.74) is 6.56. The molecular weight excluding hydrogens is 448 g/mol. The quantitative estimate of drug-likeness (QED) is 0.433. The Bertz CT molecular complexity index is 1330. The first-order chi connectivity index (χ1) is 17.3. The van der Waals surface area contributed by atoms with Crippen LogP contribution in [0.5, 0.6) is 0 Å². The highest BCUT2D eigenvalue weighted by Gasteiger charge is 2.22. The minimum absolute atomic E-state index is 0.0693. The van der Waals surface area contributed by atoms with Gasteiger partial charge in [-0.05, 0) is 53.6 Å². The van der Waals surface area contributed by atoms with Crippen LogP contribution in [0.2, 0.25) is 0 Å². The number of hydrogen-bond acceptors (Lipinski definition) is 7. The van der Waals surface area contributed by atoms with Gasteiger partial charge in [0.05, 0.1) is 6.33 Å². The number of nitrogens with one attached hydrogen (secondary N) is 1. The SMILES string of the molecule is Cc1ccc(C(C)(C)C)cc1Nc1nc(N2CCN(CCc3ccncc3)CC2)nc2ncn(C)c12. The molecule has 0 aliphatic carbocycles. The first kappa shape index (κ1) is 24.2. The predicted octanol–water partition coefficient (Wildman–Crippen LogP) is 4.47. The Balaban J connectivity index is 1.35. The second kappa shape index (κ2) is 9.85. The molecule has 1 aliphatic heterocycles. The molecule has 5 rings (SSSR count). The number of piperazine rings is 1. The van der Waals surface area contributed by atoms with Crippen molar-refractivity contribution in [2.24, 2.45) is 7.05 Å². The van der Waals surface area contributed by atoms with Crippen LogP contribution in [0.4, 0.5) is 17.5 Å². The number of anilines is 3. The van der Waals surface area contributed by atoms with Crippen LogP contribution in [0.25, 0.3) is 11.2 Å². The van der Waals surface area contributed by atoms with Gasteiger partial charge in [0.25, 0.3) is 0 Å². The molecule has 0 amide bonds. The number of aromatic nitrogens is 5. The molecule has 8 nitrogen and oxygen atoms in total. The van der Waals surface area contributed by atoms with E-state index in [1.807, 2.05) is 30.3 Å². The summed E-state index contributed by atoms with van der Waals surface area (Å²) in [4.78, 5) is 23.3. The lowest BCUT2D eigenvalue weighted by Crippen LogP contribution is -2.47. The molecule has 0 radical (unpaired) electrons. The number of aryl methyl sites for hydroxylation is 2. The molecule has 0 atom stereocenters. The third-order valence-corrected chi connectivity index (χ3v) is 7.04. The third kappa shape index (κ3) is 5.18. The number of nitrogens with zero attached hydrogens (tertiary/aromatic N) is 7. The summed E-state index contributed by atoms with van der Waals surface area (Å²) in [7, 11) is 1.99. The molecule has 3 aromatic heterocycles. The smallest absolute Gasteiger partial charge is 0.229 e. The largest absolute Gasteiger partial charge is 0.338 e. The standard InChI is InChI=1S/C28H36N8/c1-20-6-7-22(28(2,3)4)18-23(20)31-26-24-25(30-19-34(24)5)32-27(33-26)36-16-14-35(15-17-36)13-10-21-8-11-29-12-9-21/h6-9,11-12,18-19H,10,13-17H2,1-5H3,(H,31,32,33). The molecule has 0 bridgehead atoms. The summed E-state index contributed by atoms with van der Waals surface area (Å²) in [6.45, 7) is 13.7. The van der Waals surface area contributed by atoms with Gasteiger partial charge in [-0.3, -0.25) is 9.88 Å².